The lowest BCUT2D eigenvalue weighted by Crippen LogP contribution is -2.32. The van der Waals surface area contributed by atoms with Crippen LogP contribution in [0.25, 0.3) is 0 Å². The number of amides is 1. The van der Waals surface area contributed by atoms with Crippen LogP contribution in [0, 0.1) is 5.82 Å². The first-order chi connectivity index (χ1) is 17.1. The molecule has 0 bridgehead atoms. The first kappa shape index (κ1) is 24.7. The lowest BCUT2D eigenvalue weighted by atomic mass is 9.99. The summed E-state index contributed by atoms with van der Waals surface area (Å²) >= 11 is 0. The smallest absolute Gasteiger partial charge is 0.245 e. The van der Waals surface area contributed by atoms with Crippen LogP contribution < -0.4 is 15.6 Å². The maximum atomic E-state index is 13.4. The Labute approximate surface area is 204 Å². The lowest BCUT2D eigenvalue weighted by Gasteiger charge is -2.16. The van der Waals surface area contributed by atoms with Crippen LogP contribution in [-0.2, 0) is 17.9 Å². The van der Waals surface area contributed by atoms with Gasteiger partial charge < -0.3 is 9.64 Å². The highest BCUT2D eigenvalue weighted by Gasteiger charge is 2.24. The van der Waals surface area contributed by atoms with E-state index in [-0.39, 0.29) is 30.9 Å². The van der Waals surface area contributed by atoms with Crippen molar-refractivity contribution in [1.29, 1.82) is 0 Å². The zero-order chi connectivity index (χ0) is 24.5. The van der Waals surface area contributed by atoms with Gasteiger partial charge in [-0.05, 0) is 54.3 Å². The van der Waals surface area contributed by atoms with E-state index in [1.807, 2.05) is 36.4 Å². The second-order valence-electron chi connectivity index (χ2n) is 8.83. The molecule has 0 aliphatic carbocycles. The number of hydrogen-bond donors (Lipinski definition) is 2. The second-order valence-corrected chi connectivity index (χ2v) is 8.83. The molecular weight excluding hydrogens is 449 g/mol. The summed E-state index contributed by atoms with van der Waals surface area (Å²) in [6.45, 7) is 0.927. The van der Waals surface area contributed by atoms with Gasteiger partial charge in [0.05, 0.1) is 0 Å². The minimum atomic E-state index is -0.205. The number of tetrazole rings is 1. The normalized spacial score (nSPS) is 17.4. The Hall–Kier alpha value is -3.37. The predicted molar refractivity (Wildman–Crippen MR) is 129 cm³/mol. The van der Waals surface area contributed by atoms with E-state index in [2.05, 4.69) is 26.3 Å². The number of benzene rings is 2. The fraction of sp³-hybridized carbons (Fsp3) is 0.440. The van der Waals surface area contributed by atoms with E-state index in [1.54, 1.807) is 24.1 Å². The molecule has 2 atom stereocenters. The standard InChI is InChI=1S/C25H32FN7O2/c1-32(25(34)17-33-30-24(29-31-33)18-35-22-12-5-2-6-13-22)14-7-3-4-11-21-16-23(28-27-21)19-9-8-10-20(26)15-19/h2,5-6,8-10,12-13,15,21,23,27-28H,3-4,7,11,14,16-18H2,1H3. The highest BCUT2D eigenvalue weighted by molar-refractivity contribution is 5.75. The molecule has 0 saturated carbocycles. The summed E-state index contributed by atoms with van der Waals surface area (Å²) in [6.07, 6.45) is 4.99. The van der Waals surface area contributed by atoms with E-state index >= 15 is 0 Å². The lowest BCUT2D eigenvalue weighted by molar-refractivity contribution is -0.131. The monoisotopic (exact) mass is 481 g/mol. The molecular formula is C25H32FN7O2. The number of rotatable bonds is 12. The number of unbranched alkanes of at least 4 members (excludes halogenated alkanes) is 2. The molecule has 0 spiro atoms. The summed E-state index contributed by atoms with van der Waals surface area (Å²) in [5.74, 6) is 0.894. The van der Waals surface area contributed by atoms with Crippen LogP contribution in [-0.4, -0.2) is 50.6 Å². The summed E-state index contributed by atoms with van der Waals surface area (Å²) in [5.41, 5.74) is 7.56. The third kappa shape index (κ3) is 7.56. The number of nitrogens with zero attached hydrogens (tertiary/aromatic N) is 5. The van der Waals surface area contributed by atoms with Gasteiger partial charge in [0.1, 0.15) is 18.1 Å². The van der Waals surface area contributed by atoms with Crippen molar-refractivity contribution >= 4 is 5.91 Å². The molecule has 1 aliphatic rings. The van der Waals surface area contributed by atoms with Gasteiger partial charge in [0.15, 0.2) is 6.61 Å². The van der Waals surface area contributed by atoms with Gasteiger partial charge in [-0.15, -0.1) is 10.2 Å². The number of ether oxygens (including phenoxy) is 1. The number of halogens is 1. The maximum Gasteiger partial charge on any atom is 0.245 e. The average molecular weight is 482 g/mol. The van der Waals surface area contributed by atoms with Crippen molar-refractivity contribution in [2.75, 3.05) is 13.6 Å². The molecule has 0 radical (unpaired) electrons. The Bertz CT molecular complexity index is 1080. The highest BCUT2D eigenvalue weighted by Crippen LogP contribution is 2.25. The van der Waals surface area contributed by atoms with Gasteiger partial charge in [-0.25, -0.2) is 4.39 Å². The van der Waals surface area contributed by atoms with Crippen LogP contribution in [0.4, 0.5) is 4.39 Å². The second kappa shape index (κ2) is 12.4. The SMILES string of the molecule is CN(CCCCCC1CC(c2cccc(F)c2)NN1)C(=O)Cn1nnc(COc2ccccc2)n1. The van der Waals surface area contributed by atoms with Gasteiger partial charge in [-0.2, -0.15) is 4.80 Å². The average Bonchev–Trinajstić information content (AvgIpc) is 3.53. The third-order valence-electron chi connectivity index (χ3n) is 6.09. The van der Waals surface area contributed by atoms with Gasteiger partial charge in [-0.3, -0.25) is 15.6 Å². The molecule has 2 N–H and O–H groups in total. The topological polar surface area (TPSA) is 97.2 Å². The van der Waals surface area contributed by atoms with Gasteiger partial charge in [0.25, 0.3) is 0 Å². The summed E-state index contributed by atoms with van der Waals surface area (Å²) in [6, 6.07) is 16.7. The fourth-order valence-corrected chi connectivity index (χ4v) is 4.10. The Kier molecular flexibility index (Phi) is 8.74. The largest absolute Gasteiger partial charge is 0.485 e. The number of carbonyl (C=O) groups excluding carboxylic acids is 1. The summed E-state index contributed by atoms with van der Waals surface area (Å²) in [7, 11) is 1.80. The number of likely N-dealkylation sites (N-methyl/N-ethyl adjacent to an activating group) is 1. The molecule has 2 unspecified atom stereocenters. The van der Waals surface area contributed by atoms with Crippen LogP contribution in [0.1, 0.15) is 49.5 Å². The van der Waals surface area contributed by atoms with Crippen LogP contribution in [0.15, 0.2) is 54.6 Å². The predicted octanol–water partition coefficient (Wildman–Crippen LogP) is 3.02. The number of aromatic nitrogens is 4. The van der Waals surface area contributed by atoms with Gasteiger partial charge in [-0.1, -0.05) is 43.2 Å². The van der Waals surface area contributed by atoms with E-state index in [4.69, 9.17) is 4.74 Å². The molecule has 2 aromatic carbocycles. The molecule has 1 saturated heterocycles. The van der Waals surface area contributed by atoms with Crippen molar-refractivity contribution in [2.45, 2.75) is 57.3 Å². The van der Waals surface area contributed by atoms with E-state index in [1.165, 1.54) is 10.9 Å². The Morgan fingerprint density at radius 1 is 1.14 bits per heavy atom. The molecule has 1 fully saturated rings. The van der Waals surface area contributed by atoms with E-state index in [9.17, 15) is 9.18 Å². The Morgan fingerprint density at radius 3 is 2.83 bits per heavy atom. The number of carbonyl (C=O) groups is 1. The van der Waals surface area contributed by atoms with E-state index in [0.29, 0.717) is 18.4 Å². The molecule has 1 aliphatic heterocycles. The van der Waals surface area contributed by atoms with Crippen molar-refractivity contribution in [3.05, 3.63) is 71.8 Å². The van der Waals surface area contributed by atoms with E-state index in [0.717, 1.165) is 43.4 Å². The van der Waals surface area contributed by atoms with Crippen LogP contribution in [0.2, 0.25) is 0 Å². The van der Waals surface area contributed by atoms with Crippen molar-refractivity contribution in [2.24, 2.45) is 0 Å². The molecule has 10 heteroatoms. The summed E-state index contributed by atoms with van der Waals surface area (Å²) < 4.78 is 19.1. The molecule has 2 heterocycles. The first-order valence-corrected chi connectivity index (χ1v) is 12.0. The minimum Gasteiger partial charge on any atom is -0.485 e. The third-order valence-corrected chi connectivity index (χ3v) is 6.09. The van der Waals surface area contributed by atoms with E-state index < -0.39 is 0 Å². The first-order valence-electron chi connectivity index (χ1n) is 12.0. The van der Waals surface area contributed by atoms with Crippen molar-refractivity contribution < 1.29 is 13.9 Å². The number of para-hydroxylation sites is 1. The van der Waals surface area contributed by atoms with Gasteiger partial charge in [0.2, 0.25) is 11.7 Å². The quantitative estimate of drug-likeness (QED) is 0.384. The maximum absolute atomic E-state index is 13.4. The number of hydrogen-bond acceptors (Lipinski definition) is 7. The molecule has 4 rings (SSSR count). The summed E-state index contributed by atoms with van der Waals surface area (Å²) in [5, 5.41) is 12.1. The van der Waals surface area contributed by atoms with Crippen molar-refractivity contribution in [3.63, 3.8) is 0 Å². The zero-order valence-corrected chi connectivity index (χ0v) is 19.9. The van der Waals surface area contributed by atoms with Crippen LogP contribution >= 0.6 is 0 Å². The van der Waals surface area contributed by atoms with Crippen LogP contribution in [0.5, 0.6) is 5.75 Å². The van der Waals surface area contributed by atoms with Gasteiger partial charge in [0, 0.05) is 25.7 Å². The van der Waals surface area contributed by atoms with Crippen molar-refractivity contribution in [3.8, 4) is 5.75 Å². The fourth-order valence-electron chi connectivity index (χ4n) is 4.10. The number of nitrogens with one attached hydrogen (secondary N) is 2. The highest BCUT2D eigenvalue weighted by atomic mass is 19.1. The molecule has 1 amide bonds. The molecule has 186 valence electrons. The molecule has 3 aromatic rings. The van der Waals surface area contributed by atoms with Gasteiger partial charge >= 0.3 is 0 Å². The van der Waals surface area contributed by atoms with Crippen LogP contribution in [0.3, 0.4) is 0 Å². The minimum absolute atomic E-state index is 0.0496. The Morgan fingerprint density at radius 2 is 2.00 bits per heavy atom. The molecule has 35 heavy (non-hydrogen) atoms. The van der Waals surface area contributed by atoms with Crippen molar-refractivity contribution in [1.82, 2.24) is 36.0 Å². The molecule has 1 aromatic heterocycles. The zero-order valence-electron chi connectivity index (χ0n) is 19.9. The number of hydrazine groups is 1. The molecule has 9 nitrogen and oxygen atoms in total. The Balaban J connectivity index is 1.09. The summed E-state index contributed by atoms with van der Waals surface area (Å²) in [4.78, 5) is 15.5.